The molecule has 1 aliphatic heterocycles. The molecule has 40 heavy (non-hydrogen) atoms. The zero-order valence-corrected chi connectivity index (χ0v) is 22.9. The predicted octanol–water partition coefficient (Wildman–Crippen LogP) is 5.30. The van der Waals surface area contributed by atoms with E-state index in [1.807, 2.05) is 6.92 Å². The molecule has 4 aromatic rings. The van der Waals surface area contributed by atoms with Crippen molar-refractivity contribution in [3.63, 3.8) is 0 Å². The largest absolute Gasteiger partial charge is 0.493 e. The van der Waals surface area contributed by atoms with E-state index in [2.05, 4.69) is 27.3 Å². The van der Waals surface area contributed by atoms with Gasteiger partial charge in [0.25, 0.3) is 5.91 Å². The number of methoxy groups -OCH3 is 2. The molecule has 0 unspecified atom stereocenters. The van der Waals surface area contributed by atoms with E-state index in [1.165, 1.54) is 12.1 Å². The summed E-state index contributed by atoms with van der Waals surface area (Å²) >= 11 is 0. The lowest BCUT2D eigenvalue weighted by Crippen LogP contribution is -2.31. The third-order valence-electron chi connectivity index (χ3n) is 6.90. The van der Waals surface area contributed by atoms with Gasteiger partial charge in [-0.15, -0.1) is 0 Å². The Bertz CT molecular complexity index is 1520. The van der Waals surface area contributed by atoms with Crippen LogP contribution < -0.4 is 24.3 Å². The van der Waals surface area contributed by atoms with Crippen LogP contribution in [-0.4, -0.2) is 66.5 Å². The number of ether oxygens (including phenoxy) is 4. The molecule has 0 atom stereocenters. The van der Waals surface area contributed by atoms with E-state index in [1.54, 1.807) is 55.6 Å². The Labute approximate surface area is 231 Å². The smallest absolute Gasteiger partial charge is 0.280 e. The third kappa shape index (κ3) is 5.64. The number of hydrogen-bond donors (Lipinski definition) is 1. The fourth-order valence-electron chi connectivity index (χ4n) is 4.75. The van der Waals surface area contributed by atoms with E-state index < -0.39 is 11.7 Å². The van der Waals surface area contributed by atoms with Crippen molar-refractivity contribution in [3.05, 3.63) is 60.3 Å². The monoisotopic (exact) mass is 549 g/mol. The summed E-state index contributed by atoms with van der Waals surface area (Å²) in [6.45, 7) is 4.12. The number of nitrogens with zero attached hydrogens (tertiary/aromatic N) is 4. The van der Waals surface area contributed by atoms with E-state index in [0.717, 1.165) is 25.9 Å². The first-order valence-electron chi connectivity index (χ1n) is 13.1. The summed E-state index contributed by atoms with van der Waals surface area (Å²) in [5, 5.41) is 7.81. The Balaban J connectivity index is 1.34. The van der Waals surface area contributed by atoms with Crippen LogP contribution >= 0.6 is 0 Å². The summed E-state index contributed by atoms with van der Waals surface area (Å²) in [6, 6.07) is 9.58. The Morgan fingerprint density at radius 1 is 1.05 bits per heavy atom. The van der Waals surface area contributed by atoms with Gasteiger partial charge in [0.05, 0.1) is 44.3 Å². The van der Waals surface area contributed by atoms with Crippen LogP contribution in [0.1, 0.15) is 36.3 Å². The van der Waals surface area contributed by atoms with Crippen LogP contribution in [0.25, 0.3) is 10.9 Å². The second-order valence-electron chi connectivity index (χ2n) is 9.52. The van der Waals surface area contributed by atoms with Crippen molar-refractivity contribution in [2.45, 2.75) is 25.8 Å². The second-order valence-corrected chi connectivity index (χ2v) is 9.52. The van der Waals surface area contributed by atoms with Crippen LogP contribution in [0.15, 0.2) is 48.8 Å². The summed E-state index contributed by atoms with van der Waals surface area (Å²) in [6.07, 6.45) is 5.20. The fraction of sp³-hybridized carbons (Fsp3) is 0.345. The van der Waals surface area contributed by atoms with E-state index in [9.17, 15) is 4.79 Å². The molecule has 1 amide bonds. The van der Waals surface area contributed by atoms with Crippen molar-refractivity contribution in [1.29, 1.82) is 0 Å². The maximum atomic E-state index is 15.1. The highest BCUT2D eigenvalue weighted by atomic mass is 19.1. The SMILES string of the molecule is CCOc1cn(C2CCN(C)CC2)nc1C(=O)Nc1ccc(Oc2ccnc3cc(OC)c(OC)cc23)cc1F. The number of carbonyl (C=O) groups is 1. The normalized spacial score (nSPS) is 14.2. The number of fused-ring (bicyclic) bond motifs is 1. The van der Waals surface area contributed by atoms with Gasteiger partial charge in [-0.25, -0.2) is 4.39 Å². The Kier molecular flexibility index (Phi) is 8.01. The summed E-state index contributed by atoms with van der Waals surface area (Å²) in [5.41, 5.74) is 0.747. The van der Waals surface area contributed by atoms with E-state index >= 15 is 4.39 Å². The first-order chi connectivity index (χ1) is 19.4. The van der Waals surface area contributed by atoms with E-state index in [4.69, 9.17) is 18.9 Å². The molecule has 1 saturated heterocycles. The van der Waals surface area contributed by atoms with Gasteiger partial charge in [0.15, 0.2) is 22.9 Å². The van der Waals surface area contributed by atoms with Crippen LogP contribution in [0.2, 0.25) is 0 Å². The number of hydrogen-bond acceptors (Lipinski definition) is 8. The number of nitrogens with one attached hydrogen (secondary N) is 1. The lowest BCUT2D eigenvalue weighted by molar-refractivity contribution is 0.101. The molecule has 1 fully saturated rings. The van der Waals surface area contributed by atoms with Gasteiger partial charge in [0.1, 0.15) is 17.3 Å². The van der Waals surface area contributed by atoms with Gasteiger partial charge in [-0.3, -0.25) is 14.5 Å². The van der Waals surface area contributed by atoms with Gasteiger partial charge in [-0.2, -0.15) is 5.10 Å². The van der Waals surface area contributed by atoms with Gasteiger partial charge in [0, 0.05) is 23.7 Å². The molecule has 5 rings (SSSR count). The topological polar surface area (TPSA) is 100.0 Å². The van der Waals surface area contributed by atoms with Crippen LogP contribution in [-0.2, 0) is 0 Å². The highest BCUT2D eigenvalue weighted by molar-refractivity contribution is 6.04. The van der Waals surface area contributed by atoms with Crippen LogP contribution in [0.3, 0.4) is 0 Å². The Morgan fingerprint density at radius 2 is 1.80 bits per heavy atom. The highest BCUT2D eigenvalue weighted by Gasteiger charge is 2.25. The summed E-state index contributed by atoms with van der Waals surface area (Å²) in [5.74, 6) is 0.925. The quantitative estimate of drug-likeness (QED) is 0.300. The van der Waals surface area contributed by atoms with E-state index in [0.29, 0.717) is 40.5 Å². The fourth-order valence-corrected chi connectivity index (χ4v) is 4.75. The minimum atomic E-state index is -0.656. The predicted molar refractivity (Wildman–Crippen MR) is 148 cm³/mol. The number of aromatic nitrogens is 3. The molecule has 210 valence electrons. The van der Waals surface area contributed by atoms with Crippen molar-refractivity contribution < 1.29 is 28.1 Å². The lowest BCUT2D eigenvalue weighted by atomic mass is 10.1. The average Bonchev–Trinajstić information content (AvgIpc) is 3.38. The molecule has 1 aliphatic rings. The number of rotatable bonds is 9. The molecular formula is C29H32FN5O5. The number of pyridine rings is 1. The third-order valence-corrected chi connectivity index (χ3v) is 6.90. The molecule has 0 bridgehead atoms. The number of amides is 1. The van der Waals surface area contributed by atoms with Gasteiger partial charge in [-0.1, -0.05) is 0 Å². The lowest BCUT2D eigenvalue weighted by Gasteiger charge is -2.28. The number of halogens is 1. The van der Waals surface area contributed by atoms with Crippen molar-refractivity contribution in [2.24, 2.45) is 0 Å². The molecule has 11 heteroatoms. The molecule has 0 saturated carbocycles. The number of piperidine rings is 1. The Morgan fingerprint density at radius 3 is 2.50 bits per heavy atom. The van der Waals surface area contributed by atoms with Crippen LogP contribution in [0.4, 0.5) is 10.1 Å². The first kappa shape index (κ1) is 27.2. The molecular weight excluding hydrogens is 517 g/mol. The maximum absolute atomic E-state index is 15.1. The maximum Gasteiger partial charge on any atom is 0.280 e. The zero-order valence-electron chi connectivity index (χ0n) is 22.9. The Hall–Kier alpha value is -4.38. The average molecular weight is 550 g/mol. The first-order valence-corrected chi connectivity index (χ1v) is 13.1. The summed E-state index contributed by atoms with van der Waals surface area (Å²) < 4.78 is 39.3. The second kappa shape index (κ2) is 11.8. The number of benzene rings is 2. The number of carbonyl (C=O) groups excluding carboxylic acids is 1. The van der Waals surface area contributed by atoms with Crippen molar-refractivity contribution >= 4 is 22.5 Å². The minimum absolute atomic E-state index is 0.000341. The highest BCUT2D eigenvalue weighted by Crippen LogP contribution is 2.37. The van der Waals surface area contributed by atoms with Crippen molar-refractivity contribution in [2.75, 3.05) is 46.3 Å². The van der Waals surface area contributed by atoms with Gasteiger partial charge in [0.2, 0.25) is 0 Å². The van der Waals surface area contributed by atoms with Gasteiger partial charge in [-0.05, 0) is 64.2 Å². The van der Waals surface area contributed by atoms with Crippen molar-refractivity contribution in [1.82, 2.24) is 19.7 Å². The molecule has 1 N–H and O–H groups in total. The zero-order chi connectivity index (χ0) is 28.2. The molecule has 2 aromatic heterocycles. The van der Waals surface area contributed by atoms with Gasteiger partial charge < -0.3 is 29.2 Å². The van der Waals surface area contributed by atoms with Crippen LogP contribution in [0.5, 0.6) is 28.7 Å². The molecule has 0 spiro atoms. The van der Waals surface area contributed by atoms with E-state index in [-0.39, 0.29) is 23.2 Å². The minimum Gasteiger partial charge on any atom is -0.493 e. The molecule has 2 aromatic carbocycles. The summed E-state index contributed by atoms with van der Waals surface area (Å²) in [7, 11) is 5.17. The summed E-state index contributed by atoms with van der Waals surface area (Å²) in [4.78, 5) is 19.8. The molecule has 3 heterocycles. The molecule has 0 aliphatic carbocycles. The number of anilines is 1. The van der Waals surface area contributed by atoms with Crippen molar-refractivity contribution in [3.8, 4) is 28.7 Å². The standard InChI is InChI=1S/C29H32FN5O5/c1-5-39-27-17-35(18-9-12-34(2)13-10-18)33-28(27)29(36)32-22-7-6-19(14-21(22)30)40-24-8-11-31-23-16-26(38-4)25(37-3)15-20(23)24/h6-8,11,14-18H,5,9-10,12-13H2,1-4H3,(H,32,36). The molecule has 10 nitrogen and oxygen atoms in total. The molecule has 0 radical (unpaired) electrons. The number of likely N-dealkylation sites (tertiary alicyclic amines) is 1. The van der Waals surface area contributed by atoms with Gasteiger partial charge >= 0.3 is 0 Å². The van der Waals surface area contributed by atoms with Crippen LogP contribution in [0, 0.1) is 5.82 Å².